The Labute approximate surface area is 275 Å². The number of carbonyl (C=O) groups is 2. The number of ether oxygens (including phenoxy) is 2. The van der Waals surface area contributed by atoms with Gasteiger partial charge in [0.25, 0.3) is 0 Å². The van der Waals surface area contributed by atoms with Crippen molar-refractivity contribution in [3.05, 3.63) is 116 Å². The van der Waals surface area contributed by atoms with Crippen molar-refractivity contribution >= 4 is 27.5 Å². The second kappa shape index (κ2) is 11.9. The average Bonchev–Trinajstić information content (AvgIpc) is 2.96. The molecule has 0 saturated heterocycles. The van der Waals surface area contributed by atoms with Gasteiger partial charge in [0.1, 0.15) is 6.61 Å². The molecule has 1 heterocycles. The maximum atomic E-state index is 14.2. The number of ketones is 2. The first-order valence-corrected chi connectivity index (χ1v) is 16.5. The third-order valence-corrected chi connectivity index (χ3v) is 9.85. The monoisotopic (exact) mass is 667 g/mol. The number of halogens is 1. The number of rotatable bonds is 7. The summed E-state index contributed by atoms with van der Waals surface area (Å²) in [6.45, 7) is 11.8. The fraction of sp³-hybridized carbons (Fsp3) is 0.385. The number of hydrogen-bond acceptors (Lipinski definition) is 5. The first-order chi connectivity index (χ1) is 21.4. The predicted molar refractivity (Wildman–Crippen MR) is 181 cm³/mol. The van der Waals surface area contributed by atoms with Crippen molar-refractivity contribution in [1.29, 1.82) is 0 Å². The van der Waals surface area contributed by atoms with E-state index in [1.165, 1.54) is 5.56 Å². The summed E-state index contributed by atoms with van der Waals surface area (Å²) in [5, 5.41) is 0. The van der Waals surface area contributed by atoms with Crippen LogP contribution in [0.4, 0.5) is 0 Å². The molecule has 45 heavy (non-hydrogen) atoms. The molecule has 0 spiro atoms. The van der Waals surface area contributed by atoms with Crippen LogP contribution in [0.1, 0.15) is 81.5 Å². The molecule has 3 aromatic carbocycles. The van der Waals surface area contributed by atoms with Crippen LogP contribution >= 0.6 is 15.9 Å². The fourth-order valence-electron chi connectivity index (χ4n) is 7.34. The maximum Gasteiger partial charge on any atom is 0.175 e. The number of aryl methyl sites for hydroxylation is 1. The molecule has 6 heteroatoms. The van der Waals surface area contributed by atoms with E-state index in [1.807, 2.05) is 42.5 Å². The van der Waals surface area contributed by atoms with E-state index in [1.54, 1.807) is 7.11 Å². The van der Waals surface area contributed by atoms with E-state index in [0.717, 1.165) is 56.5 Å². The average molecular weight is 669 g/mol. The second-order valence-corrected chi connectivity index (χ2v) is 15.3. The van der Waals surface area contributed by atoms with Crippen molar-refractivity contribution in [1.82, 2.24) is 4.90 Å². The lowest BCUT2D eigenvalue weighted by Crippen LogP contribution is -2.44. The molecule has 0 amide bonds. The molecule has 0 aromatic heterocycles. The molecular weight excluding hydrogens is 626 g/mol. The summed E-state index contributed by atoms with van der Waals surface area (Å²) >= 11 is 3.77. The zero-order valence-corrected chi connectivity index (χ0v) is 28.7. The van der Waals surface area contributed by atoms with Crippen LogP contribution in [-0.2, 0) is 22.7 Å². The van der Waals surface area contributed by atoms with Crippen LogP contribution in [0.5, 0.6) is 11.5 Å². The largest absolute Gasteiger partial charge is 0.493 e. The van der Waals surface area contributed by atoms with Gasteiger partial charge in [0.05, 0.1) is 11.6 Å². The molecule has 0 fully saturated rings. The Morgan fingerprint density at radius 3 is 1.98 bits per heavy atom. The van der Waals surface area contributed by atoms with Crippen LogP contribution in [0.3, 0.4) is 0 Å². The van der Waals surface area contributed by atoms with Crippen LogP contribution in [0, 0.1) is 17.8 Å². The first-order valence-electron chi connectivity index (χ1n) is 15.8. The molecule has 0 radical (unpaired) electrons. The van der Waals surface area contributed by atoms with E-state index in [2.05, 4.69) is 79.7 Å². The molecule has 3 aliphatic rings. The molecule has 6 rings (SSSR count). The lowest BCUT2D eigenvalue weighted by molar-refractivity contribution is -0.119. The highest BCUT2D eigenvalue weighted by Gasteiger charge is 2.49. The highest BCUT2D eigenvalue weighted by Crippen LogP contribution is 2.55. The van der Waals surface area contributed by atoms with Gasteiger partial charge in [-0.2, -0.15) is 0 Å². The van der Waals surface area contributed by atoms with Crippen molar-refractivity contribution in [3.63, 3.8) is 0 Å². The van der Waals surface area contributed by atoms with Gasteiger partial charge in [-0.3, -0.25) is 9.59 Å². The van der Waals surface area contributed by atoms with Gasteiger partial charge in [0, 0.05) is 47.8 Å². The van der Waals surface area contributed by atoms with E-state index in [4.69, 9.17) is 9.47 Å². The third-order valence-electron chi connectivity index (χ3n) is 9.26. The van der Waals surface area contributed by atoms with Crippen molar-refractivity contribution in [3.8, 4) is 11.5 Å². The standard InChI is InChI=1S/C39H42BrNO4/c1-24-11-10-14-26(15-24)23-45-37-28(40)16-27(17-33(37)44-6)34-35-29(18-38(2,3)20-31(35)42)41(22-25-12-8-7-9-13-25)30-19-39(4,5)21-32(43)36(30)34/h7-17,34H,18-23H2,1-6H3. The van der Waals surface area contributed by atoms with E-state index in [9.17, 15) is 9.59 Å². The van der Waals surface area contributed by atoms with E-state index >= 15 is 0 Å². The predicted octanol–water partition coefficient (Wildman–Crippen LogP) is 9.23. The van der Waals surface area contributed by atoms with Crippen LogP contribution in [0.2, 0.25) is 0 Å². The molecule has 3 aromatic rings. The molecule has 234 valence electrons. The van der Waals surface area contributed by atoms with Gasteiger partial charge in [-0.25, -0.2) is 0 Å². The number of allylic oxidation sites excluding steroid dienone is 4. The van der Waals surface area contributed by atoms with Crippen LogP contribution < -0.4 is 9.47 Å². The molecule has 0 N–H and O–H groups in total. The van der Waals surface area contributed by atoms with Gasteiger partial charge in [-0.15, -0.1) is 0 Å². The van der Waals surface area contributed by atoms with Gasteiger partial charge in [-0.1, -0.05) is 87.9 Å². The summed E-state index contributed by atoms with van der Waals surface area (Å²) in [5.41, 5.74) is 7.47. The number of methoxy groups -OCH3 is 1. The summed E-state index contributed by atoms with van der Waals surface area (Å²) in [7, 11) is 1.63. The van der Waals surface area contributed by atoms with Crippen LogP contribution in [0.25, 0.3) is 0 Å². The minimum absolute atomic E-state index is 0.114. The van der Waals surface area contributed by atoms with Crippen molar-refractivity contribution in [2.24, 2.45) is 10.8 Å². The minimum Gasteiger partial charge on any atom is -0.493 e. The molecule has 2 aliphatic carbocycles. The fourth-order valence-corrected chi connectivity index (χ4v) is 7.92. The highest BCUT2D eigenvalue weighted by atomic mass is 79.9. The maximum absolute atomic E-state index is 14.2. The zero-order valence-electron chi connectivity index (χ0n) is 27.1. The normalized spacial score (nSPS) is 19.4. The topological polar surface area (TPSA) is 55.8 Å². The Balaban J connectivity index is 1.50. The van der Waals surface area contributed by atoms with Gasteiger partial charge in [0.2, 0.25) is 0 Å². The molecular formula is C39H42BrNO4. The van der Waals surface area contributed by atoms with Crippen molar-refractivity contribution < 1.29 is 19.1 Å². The summed E-state index contributed by atoms with van der Waals surface area (Å²) in [4.78, 5) is 30.8. The SMILES string of the molecule is COc1cc(C2C3=C(CC(C)(C)CC3=O)N(Cc3ccccc3)C3=C2C(=O)CC(C)(C)C3)cc(Br)c1OCc1cccc(C)c1. The Kier molecular flexibility index (Phi) is 8.32. The van der Waals surface area contributed by atoms with E-state index in [0.29, 0.717) is 37.5 Å². The van der Waals surface area contributed by atoms with Gasteiger partial charge < -0.3 is 14.4 Å². The number of hydrogen-bond donors (Lipinski definition) is 0. The van der Waals surface area contributed by atoms with Crippen LogP contribution in [-0.4, -0.2) is 23.6 Å². The summed E-state index contributed by atoms with van der Waals surface area (Å²) < 4.78 is 12.9. The Morgan fingerprint density at radius 1 is 0.800 bits per heavy atom. The summed E-state index contributed by atoms with van der Waals surface area (Å²) in [6.07, 6.45) is 2.41. The van der Waals surface area contributed by atoms with Gasteiger partial charge in [0.15, 0.2) is 23.1 Å². The lowest BCUT2D eigenvalue weighted by Gasteiger charge is -2.49. The van der Waals surface area contributed by atoms with Crippen LogP contribution in [0.15, 0.2) is 93.7 Å². The smallest absolute Gasteiger partial charge is 0.175 e. The molecule has 0 saturated carbocycles. The number of Topliss-reactive ketones (excluding diaryl/α,β-unsaturated/α-hetero) is 2. The highest BCUT2D eigenvalue weighted by molar-refractivity contribution is 9.10. The number of nitrogens with zero attached hydrogens (tertiary/aromatic N) is 1. The molecule has 0 bridgehead atoms. The number of benzene rings is 3. The Hall–Kier alpha value is -3.64. The molecule has 5 nitrogen and oxygen atoms in total. The van der Waals surface area contributed by atoms with Gasteiger partial charge in [-0.05, 0) is 75.3 Å². The first kappa shape index (κ1) is 31.3. The summed E-state index contributed by atoms with van der Waals surface area (Å²) in [5.74, 6) is 0.923. The molecule has 0 atom stereocenters. The molecule has 1 aliphatic heterocycles. The number of carbonyl (C=O) groups excluding carboxylic acids is 2. The zero-order chi connectivity index (χ0) is 32.1. The van der Waals surface area contributed by atoms with E-state index < -0.39 is 5.92 Å². The quantitative estimate of drug-likeness (QED) is 0.251. The van der Waals surface area contributed by atoms with Crippen molar-refractivity contribution in [2.45, 2.75) is 79.4 Å². The molecule has 0 unspecified atom stereocenters. The lowest BCUT2D eigenvalue weighted by atomic mass is 9.63. The Morgan fingerprint density at radius 2 is 1.40 bits per heavy atom. The summed E-state index contributed by atoms with van der Waals surface area (Å²) in [6, 6.07) is 22.6. The van der Waals surface area contributed by atoms with Gasteiger partial charge >= 0.3 is 0 Å². The second-order valence-electron chi connectivity index (χ2n) is 14.4. The third kappa shape index (κ3) is 6.27. The Bertz CT molecular complexity index is 1680. The van der Waals surface area contributed by atoms with Crippen molar-refractivity contribution in [2.75, 3.05) is 7.11 Å². The van der Waals surface area contributed by atoms with E-state index in [-0.39, 0.29) is 22.4 Å². The minimum atomic E-state index is -0.467.